The van der Waals surface area contributed by atoms with Crippen molar-refractivity contribution in [2.24, 2.45) is 5.10 Å². The number of aryl methyl sites for hydroxylation is 1. The minimum absolute atomic E-state index is 0.256. The quantitative estimate of drug-likeness (QED) is 0.447. The van der Waals surface area contributed by atoms with Gasteiger partial charge in [-0.1, -0.05) is 6.07 Å². The summed E-state index contributed by atoms with van der Waals surface area (Å²) in [5.74, 6) is 1.02. The Labute approximate surface area is 150 Å². The molecule has 0 fully saturated rings. The summed E-state index contributed by atoms with van der Waals surface area (Å²) < 4.78 is 34.8. The predicted molar refractivity (Wildman–Crippen MR) is 95.3 cm³/mol. The molecule has 10 heteroatoms. The first-order chi connectivity index (χ1) is 12.3. The number of rotatable bonds is 7. The Morgan fingerprint density at radius 2 is 1.88 bits per heavy atom. The molecule has 0 aliphatic heterocycles. The molecule has 0 bridgehead atoms. The average Bonchev–Trinajstić information content (AvgIpc) is 2.61. The van der Waals surface area contributed by atoms with Gasteiger partial charge >= 0.3 is 0 Å². The molecule has 1 N–H and O–H groups in total. The van der Waals surface area contributed by atoms with Crippen molar-refractivity contribution >= 4 is 21.9 Å². The van der Waals surface area contributed by atoms with Crippen LogP contribution in [0.15, 0.2) is 46.4 Å². The molecule has 0 saturated carbocycles. The third-order valence-corrected chi connectivity index (χ3v) is 4.73. The molecule has 0 aliphatic rings. The standard InChI is InChI=1S/C16H17N3O6S/c1-11-4-7-14(9-15(11)19(20)21)26(22,23)18-17-10-12-5-6-13(24-2)8-16(12)25-3/h4-10,18H,1-3H3. The van der Waals surface area contributed by atoms with E-state index < -0.39 is 14.9 Å². The van der Waals surface area contributed by atoms with Gasteiger partial charge in [-0.3, -0.25) is 10.1 Å². The van der Waals surface area contributed by atoms with Crippen LogP contribution < -0.4 is 14.3 Å². The summed E-state index contributed by atoms with van der Waals surface area (Å²) in [6.07, 6.45) is 1.26. The molecule has 2 aromatic rings. The van der Waals surface area contributed by atoms with E-state index in [2.05, 4.69) is 5.10 Å². The maximum Gasteiger partial charge on any atom is 0.276 e. The van der Waals surface area contributed by atoms with Gasteiger partial charge in [0.15, 0.2) is 0 Å². The Morgan fingerprint density at radius 1 is 1.15 bits per heavy atom. The minimum Gasteiger partial charge on any atom is -0.497 e. The van der Waals surface area contributed by atoms with Gasteiger partial charge in [-0.2, -0.15) is 13.5 Å². The number of hydrogen-bond acceptors (Lipinski definition) is 7. The highest BCUT2D eigenvalue weighted by atomic mass is 32.2. The lowest BCUT2D eigenvalue weighted by molar-refractivity contribution is -0.385. The Kier molecular flexibility index (Phi) is 5.78. The maximum atomic E-state index is 12.3. The van der Waals surface area contributed by atoms with Gasteiger partial charge in [-0.15, -0.1) is 0 Å². The number of methoxy groups -OCH3 is 2. The molecule has 0 saturated heterocycles. The van der Waals surface area contributed by atoms with Crippen molar-refractivity contribution in [3.63, 3.8) is 0 Å². The second kappa shape index (κ2) is 7.83. The van der Waals surface area contributed by atoms with Gasteiger partial charge in [0.25, 0.3) is 15.7 Å². The van der Waals surface area contributed by atoms with Crippen LogP contribution in [0.3, 0.4) is 0 Å². The highest BCUT2D eigenvalue weighted by Gasteiger charge is 2.19. The molecule has 9 nitrogen and oxygen atoms in total. The van der Waals surface area contributed by atoms with Gasteiger partial charge in [-0.05, 0) is 25.1 Å². The molecule has 2 rings (SSSR count). The molecule has 0 aromatic heterocycles. The van der Waals surface area contributed by atoms with E-state index in [0.29, 0.717) is 22.6 Å². The number of hydrazone groups is 1. The summed E-state index contributed by atoms with van der Waals surface area (Å²) in [7, 11) is -1.08. The third kappa shape index (κ3) is 4.28. The lowest BCUT2D eigenvalue weighted by atomic mass is 10.2. The molecule has 2 aromatic carbocycles. The van der Waals surface area contributed by atoms with Crippen LogP contribution in [0.25, 0.3) is 0 Å². The Hall–Kier alpha value is -3.14. The lowest BCUT2D eigenvalue weighted by Gasteiger charge is -2.07. The van der Waals surface area contributed by atoms with Crippen LogP contribution >= 0.6 is 0 Å². The number of nitro benzene ring substituents is 1. The van der Waals surface area contributed by atoms with E-state index in [1.54, 1.807) is 18.2 Å². The second-order valence-corrected chi connectivity index (χ2v) is 6.83. The molecule has 0 heterocycles. The van der Waals surface area contributed by atoms with E-state index in [9.17, 15) is 18.5 Å². The average molecular weight is 379 g/mol. The molecule has 138 valence electrons. The molecule has 0 aliphatic carbocycles. The zero-order chi connectivity index (χ0) is 19.3. The smallest absolute Gasteiger partial charge is 0.276 e. The number of nitrogens with one attached hydrogen (secondary N) is 1. The summed E-state index contributed by atoms with van der Waals surface area (Å²) in [4.78, 5) is 12.1. The van der Waals surface area contributed by atoms with Crippen molar-refractivity contribution in [1.82, 2.24) is 4.83 Å². The third-order valence-electron chi connectivity index (χ3n) is 3.50. The Balaban J connectivity index is 2.24. The van der Waals surface area contributed by atoms with E-state index in [1.165, 1.54) is 39.5 Å². The molecule has 0 atom stereocenters. The number of sulfonamides is 1. The molecule has 26 heavy (non-hydrogen) atoms. The summed E-state index contributed by atoms with van der Waals surface area (Å²) in [6, 6.07) is 8.56. The number of hydrogen-bond donors (Lipinski definition) is 1. The SMILES string of the molecule is COc1ccc(C=NNS(=O)(=O)c2ccc(C)c([N+](=O)[O-])c2)c(OC)c1. The predicted octanol–water partition coefficient (Wildman–Crippen LogP) is 2.23. The first-order valence-corrected chi connectivity index (χ1v) is 8.78. The normalized spacial score (nSPS) is 11.3. The zero-order valence-corrected chi connectivity index (χ0v) is 15.1. The van der Waals surface area contributed by atoms with Crippen molar-refractivity contribution in [2.45, 2.75) is 11.8 Å². The monoisotopic (exact) mass is 379 g/mol. The minimum atomic E-state index is -4.05. The van der Waals surface area contributed by atoms with E-state index >= 15 is 0 Å². The molecule has 0 amide bonds. The van der Waals surface area contributed by atoms with E-state index in [0.717, 1.165) is 6.07 Å². The van der Waals surface area contributed by atoms with Gasteiger partial charge in [0, 0.05) is 23.3 Å². The van der Waals surface area contributed by atoms with E-state index in [1.807, 2.05) is 4.83 Å². The van der Waals surface area contributed by atoms with Crippen LogP contribution in [0.2, 0.25) is 0 Å². The highest BCUT2D eigenvalue weighted by molar-refractivity contribution is 7.89. The van der Waals surface area contributed by atoms with E-state index in [-0.39, 0.29) is 10.6 Å². The van der Waals surface area contributed by atoms with Crippen LogP contribution in [0.1, 0.15) is 11.1 Å². The van der Waals surface area contributed by atoms with Gasteiger partial charge in [-0.25, -0.2) is 4.83 Å². The van der Waals surface area contributed by atoms with Gasteiger partial charge in [0.05, 0.1) is 30.3 Å². The Bertz CT molecular complexity index is 956. The lowest BCUT2D eigenvalue weighted by Crippen LogP contribution is -2.18. The van der Waals surface area contributed by atoms with Crippen LogP contribution in [0, 0.1) is 17.0 Å². The summed E-state index contributed by atoms with van der Waals surface area (Å²) >= 11 is 0. The largest absolute Gasteiger partial charge is 0.497 e. The fourth-order valence-electron chi connectivity index (χ4n) is 2.10. The van der Waals surface area contributed by atoms with Gasteiger partial charge in [0.1, 0.15) is 11.5 Å². The molecular formula is C16H17N3O6S. The molecule has 0 unspecified atom stereocenters. The van der Waals surface area contributed by atoms with Crippen LogP contribution in [-0.4, -0.2) is 33.8 Å². The number of ether oxygens (including phenoxy) is 2. The second-order valence-electron chi connectivity index (χ2n) is 5.17. The topological polar surface area (TPSA) is 120 Å². The summed E-state index contributed by atoms with van der Waals surface area (Å²) in [6.45, 7) is 1.52. The molecule has 0 spiro atoms. The maximum absolute atomic E-state index is 12.3. The zero-order valence-electron chi connectivity index (χ0n) is 14.3. The van der Waals surface area contributed by atoms with Crippen molar-refractivity contribution in [3.8, 4) is 11.5 Å². The molecule has 0 radical (unpaired) electrons. The van der Waals surface area contributed by atoms with Crippen molar-refractivity contribution in [1.29, 1.82) is 0 Å². The summed E-state index contributed by atoms with van der Waals surface area (Å²) in [5.41, 5.74) is 0.597. The van der Waals surface area contributed by atoms with Crippen LogP contribution in [0.5, 0.6) is 11.5 Å². The van der Waals surface area contributed by atoms with E-state index in [4.69, 9.17) is 9.47 Å². The Morgan fingerprint density at radius 3 is 2.50 bits per heavy atom. The van der Waals surface area contributed by atoms with Crippen LogP contribution in [0.4, 0.5) is 5.69 Å². The van der Waals surface area contributed by atoms with Crippen molar-refractivity contribution in [3.05, 3.63) is 57.6 Å². The number of nitrogens with zero attached hydrogens (tertiary/aromatic N) is 2. The fourth-order valence-corrected chi connectivity index (χ4v) is 2.91. The fraction of sp³-hybridized carbons (Fsp3) is 0.188. The first kappa shape index (κ1) is 19.2. The molecular weight excluding hydrogens is 362 g/mol. The highest BCUT2D eigenvalue weighted by Crippen LogP contribution is 2.24. The van der Waals surface area contributed by atoms with Crippen molar-refractivity contribution in [2.75, 3.05) is 14.2 Å². The summed E-state index contributed by atoms with van der Waals surface area (Å²) in [5, 5.41) is 14.7. The first-order valence-electron chi connectivity index (χ1n) is 7.30. The van der Waals surface area contributed by atoms with Gasteiger partial charge < -0.3 is 9.47 Å². The number of benzene rings is 2. The van der Waals surface area contributed by atoms with Crippen LogP contribution in [-0.2, 0) is 10.0 Å². The number of nitro groups is 1. The van der Waals surface area contributed by atoms with Gasteiger partial charge in [0.2, 0.25) is 0 Å². The van der Waals surface area contributed by atoms with Crippen molar-refractivity contribution < 1.29 is 22.8 Å².